The summed E-state index contributed by atoms with van der Waals surface area (Å²) in [5.41, 5.74) is 7.80. The van der Waals surface area contributed by atoms with Gasteiger partial charge in [0.05, 0.1) is 0 Å². The van der Waals surface area contributed by atoms with E-state index in [4.69, 9.17) is 5.73 Å². The van der Waals surface area contributed by atoms with Crippen LogP contribution in [0.1, 0.15) is 51.0 Å². The summed E-state index contributed by atoms with van der Waals surface area (Å²) >= 11 is 2.06. The fraction of sp³-hybridized carbons (Fsp3) is 0.588. The molecule has 124 valence electrons. The molecule has 1 atom stereocenters. The second kappa shape index (κ2) is 10.1. The number of halogens is 1. The molecule has 22 heavy (non-hydrogen) atoms. The van der Waals surface area contributed by atoms with Crippen LogP contribution in [0, 0.1) is 0 Å². The average Bonchev–Trinajstić information content (AvgIpc) is 2.46. The van der Waals surface area contributed by atoms with Crippen LogP contribution in [-0.2, 0) is 10.5 Å². The Kier molecular flexibility index (Phi) is 8.91. The third-order valence-corrected chi connectivity index (χ3v) is 5.20. The van der Waals surface area contributed by atoms with E-state index >= 15 is 0 Å². The van der Waals surface area contributed by atoms with Crippen LogP contribution in [0.3, 0.4) is 0 Å². The van der Waals surface area contributed by atoms with Crippen molar-refractivity contribution in [2.75, 3.05) is 5.32 Å². The highest BCUT2D eigenvalue weighted by molar-refractivity contribution is 7.99. The summed E-state index contributed by atoms with van der Waals surface area (Å²) in [6, 6.07) is 8.06. The number of nitrogens with two attached hydrogens (primary N) is 1. The standard InChI is InChI=1S/C17H26N2OS.ClH/c1-13(18)10-17(20)19-15-7-5-6-14(11-15)12-21-16-8-3-2-4-9-16;/h5-7,11,13,16H,2-4,8-10,12,18H2,1H3,(H,19,20);1H. The first kappa shape index (κ1) is 19.3. The highest BCUT2D eigenvalue weighted by Gasteiger charge is 2.13. The molecule has 3 nitrogen and oxygen atoms in total. The number of hydrogen-bond donors (Lipinski definition) is 2. The zero-order valence-corrected chi connectivity index (χ0v) is 14.8. The number of carbonyl (C=O) groups excluding carboxylic acids is 1. The number of thioether (sulfide) groups is 1. The maximum atomic E-state index is 11.7. The van der Waals surface area contributed by atoms with E-state index < -0.39 is 0 Å². The maximum absolute atomic E-state index is 11.7. The average molecular weight is 343 g/mol. The Morgan fingerprint density at radius 1 is 1.36 bits per heavy atom. The molecule has 0 saturated heterocycles. The Morgan fingerprint density at radius 2 is 2.09 bits per heavy atom. The molecule has 1 aromatic carbocycles. The van der Waals surface area contributed by atoms with Crippen molar-refractivity contribution in [3.8, 4) is 0 Å². The summed E-state index contributed by atoms with van der Waals surface area (Å²) in [5, 5.41) is 3.74. The van der Waals surface area contributed by atoms with Gasteiger partial charge in [0.1, 0.15) is 0 Å². The van der Waals surface area contributed by atoms with E-state index in [1.807, 2.05) is 19.1 Å². The molecule has 0 heterocycles. The minimum atomic E-state index is -0.102. The maximum Gasteiger partial charge on any atom is 0.225 e. The lowest BCUT2D eigenvalue weighted by Gasteiger charge is -2.21. The van der Waals surface area contributed by atoms with Gasteiger partial charge in [-0.3, -0.25) is 4.79 Å². The fourth-order valence-electron chi connectivity index (χ4n) is 2.69. The van der Waals surface area contributed by atoms with E-state index in [1.54, 1.807) is 0 Å². The number of amides is 1. The first-order valence-corrected chi connectivity index (χ1v) is 8.94. The van der Waals surface area contributed by atoms with Crippen LogP contribution in [0.4, 0.5) is 5.69 Å². The van der Waals surface area contributed by atoms with Crippen molar-refractivity contribution < 1.29 is 4.79 Å². The lowest BCUT2D eigenvalue weighted by Crippen LogP contribution is -2.23. The van der Waals surface area contributed by atoms with Crippen LogP contribution >= 0.6 is 24.2 Å². The van der Waals surface area contributed by atoms with E-state index in [9.17, 15) is 4.79 Å². The largest absolute Gasteiger partial charge is 0.327 e. The molecule has 5 heteroatoms. The quantitative estimate of drug-likeness (QED) is 0.808. The normalized spacial score (nSPS) is 16.6. The van der Waals surface area contributed by atoms with Crippen molar-refractivity contribution in [1.29, 1.82) is 0 Å². The molecular weight excluding hydrogens is 316 g/mol. The van der Waals surface area contributed by atoms with Gasteiger partial charge in [0.25, 0.3) is 0 Å². The van der Waals surface area contributed by atoms with Crippen molar-refractivity contribution in [3.63, 3.8) is 0 Å². The molecule has 3 N–H and O–H groups in total. The van der Waals surface area contributed by atoms with E-state index in [2.05, 4.69) is 29.2 Å². The van der Waals surface area contributed by atoms with Crippen molar-refractivity contribution in [3.05, 3.63) is 29.8 Å². The van der Waals surface area contributed by atoms with Gasteiger partial charge in [0.2, 0.25) is 5.91 Å². The molecule has 1 saturated carbocycles. The predicted molar refractivity (Wildman–Crippen MR) is 98.8 cm³/mol. The molecule has 0 radical (unpaired) electrons. The van der Waals surface area contributed by atoms with Gasteiger partial charge in [-0.05, 0) is 37.5 Å². The number of benzene rings is 1. The molecule has 1 amide bonds. The summed E-state index contributed by atoms with van der Waals surface area (Å²) in [6.07, 6.45) is 7.24. The number of hydrogen-bond acceptors (Lipinski definition) is 3. The molecule has 1 aliphatic rings. The van der Waals surface area contributed by atoms with Crippen LogP contribution < -0.4 is 11.1 Å². The minimum Gasteiger partial charge on any atom is -0.327 e. The molecule has 1 fully saturated rings. The predicted octanol–water partition coefficient (Wildman–Crippen LogP) is 4.35. The van der Waals surface area contributed by atoms with Crippen LogP contribution in [0.5, 0.6) is 0 Å². The minimum absolute atomic E-state index is 0. The second-order valence-corrected chi connectivity index (χ2v) is 7.29. The Labute approximate surface area is 144 Å². The van der Waals surface area contributed by atoms with Crippen LogP contribution in [-0.4, -0.2) is 17.2 Å². The Hall–Kier alpha value is -0.710. The zero-order chi connectivity index (χ0) is 15.1. The molecule has 1 aliphatic carbocycles. The van der Waals surface area contributed by atoms with Crippen LogP contribution in [0.25, 0.3) is 0 Å². The molecular formula is C17H27ClN2OS. The summed E-state index contributed by atoms with van der Waals surface area (Å²) in [4.78, 5) is 11.7. The number of anilines is 1. The van der Waals surface area contributed by atoms with Gasteiger partial charge >= 0.3 is 0 Å². The highest BCUT2D eigenvalue weighted by atomic mass is 35.5. The first-order chi connectivity index (χ1) is 10.1. The summed E-state index contributed by atoms with van der Waals surface area (Å²) in [5.74, 6) is 1.02. The summed E-state index contributed by atoms with van der Waals surface area (Å²) < 4.78 is 0. The molecule has 1 aromatic rings. The number of nitrogens with one attached hydrogen (secondary N) is 1. The van der Waals surface area contributed by atoms with Crippen LogP contribution in [0.15, 0.2) is 24.3 Å². The van der Waals surface area contributed by atoms with Crippen molar-refractivity contribution >= 4 is 35.8 Å². The number of carbonyl (C=O) groups is 1. The van der Waals surface area contributed by atoms with E-state index in [0.717, 1.165) is 16.7 Å². The van der Waals surface area contributed by atoms with Crippen molar-refractivity contribution in [1.82, 2.24) is 0 Å². The monoisotopic (exact) mass is 342 g/mol. The third-order valence-electron chi connectivity index (χ3n) is 3.76. The van der Waals surface area contributed by atoms with Gasteiger partial charge in [-0.25, -0.2) is 0 Å². The molecule has 0 bridgehead atoms. The Bertz CT molecular complexity index is 462. The number of rotatable bonds is 6. The van der Waals surface area contributed by atoms with Gasteiger partial charge in [0, 0.05) is 29.2 Å². The van der Waals surface area contributed by atoms with E-state index in [0.29, 0.717) is 6.42 Å². The van der Waals surface area contributed by atoms with Gasteiger partial charge in [-0.15, -0.1) is 12.4 Å². The van der Waals surface area contributed by atoms with Crippen molar-refractivity contribution in [2.45, 2.75) is 62.5 Å². The molecule has 0 spiro atoms. The third kappa shape index (κ3) is 7.03. The van der Waals surface area contributed by atoms with Gasteiger partial charge in [-0.2, -0.15) is 11.8 Å². The van der Waals surface area contributed by atoms with Crippen LogP contribution in [0.2, 0.25) is 0 Å². The Morgan fingerprint density at radius 3 is 2.77 bits per heavy atom. The lowest BCUT2D eigenvalue weighted by molar-refractivity contribution is -0.116. The van der Waals surface area contributed by atoms with Gasteiger partial charge < -0.3 is 11.1 Å². The lowest BCUT2D eigenvalue weighted by atomic mass is 10.0. The Balaban J connectivity index is 0.00000242. The highest BCUT2D eigenvalue weighted by Crippen LogP contribution is 2.30. The molecule has 0 aliphatic heterocycles. The first-order valence-electron chi connectivity index (χ1n) is 7.89. The second-order valence-electron chi connectivity index (χ2n) is 6.00. The fourth-order valence-corrected chi connectivity index (χ4v) is 3.96. The molecule has 1 unspecified atom stereocenters. The van der Waals surface area contributed by atoms with E-state index in [1.165, 1.54) is 37.7 Å². The smallest absolute Gasteiger partial charge is 0.225 e. The van der Waals surface area contributed by atoms with Gasteiger partial charge in [-0.1, -0.05) is 31.4 Å². The van der Waals surface area contributed by atoms with E-state index in [-0.39, 0.29) is 24.4 Å². The summed E-state index contributed by atoms with van der Waals surface area (Å²) in [6.45, 7) is 1.84. The SMILES string of the molecule is CC(N)CC(=O)Nc1cccc(CSC2CCCCC2)c1.Cl. The summed E-state index contributed by atoms with van der Waals surface area (Å²) in [7, 11) is 0. The van der Waals surface area contributed by atoms with Gasteiger partial charge in [0.15, 0.2) is 0 Å². The molecule has 2 rings (SSSR count). The van der Waals surface area contributed by atoms with Crippen molar-refractivity contribution in [2.24, 2.45) is 5.73 Å². The zero-order valence-electron chi connectivity index (χ0n) is 13.2. The topological polar surface area (TPSA) is 55.1 Å². The molecule has 0 aromatic heterocycles.